The van der Waals surface area contributed by atoms with E-state index in [0.717, 1.165) is 0 Å². The van der Waals surface area contributed by atoms with Crippen molar-refractivity contribution in [1.82, 2.24) is 14.6 Å². The highest BCUT2D eigenvalue weighted by molar-refractivity contribution is 7.89. The summed E-state index contributed by atoms with van der Waals surface area (Å²) in [5.74, 6) is -0.100. The highest BCUT2D eigenvalue weighted by atomic mass is 32.2. The summed E-state index contributed by atoms with van der Waals surface area (Å²) in [4.78, 5) is 15.3. The van der Waals surface area contributed by atoms with Gasteiger partial charge in [0.2, 0.25) is 21.9 Å². The van der Waals surface area contributed by atoms with Gasteiger partial charge in [-0.1, -0.05) is 18.2 Å². The Balaban J connectivity index is 2.17. The SMILES string of the molecule is CC(=O)Nc1nc2ccc(-c3cccc(C)c3S(N)(=O)=O)cn2n1. The molecule has 1 amide bonds. The average molecular weight is 345 g/mol. The Morgan fingerprint density at radius 1 is 1.25 bits per heavy atom. The molecule has 0 fully saturated rings. The fourth-order valence-corrected chi connectivity index (χ4v) is 3.52. The second-order valence-electron chi connectivity index (χ2n) is 5.33. The highest BCUT2D eigenvalue weighted by Crippen LogP contribution is 2.29. The van der Waals surface area contributed by atoms with Crippen LogP contribution in [0.25, 0.3) is 16.8 Å². The lowest BCUT2D eigenvalue weighted by Gasteiger charge is -2.10. The van der Waals surface area contributed by atoms with Gasteiger partial charge in [0, 0.05) is 24.2 Å². The van der Waals surface area contributed by atoms with Gasteiger partial charge in [0.1, 0.15) is 0 Å². The molecule has 24 heavy (non-hydrogen) atoms. The van der Waals surface area contributed by atoms with Crippen LogP contribution in [0.1, 0.15) is 12.5 Å². The van der Waals surface area contributed by atoms with Crippen molar-refractivity contribution in [2.75, 3.05) is 5.32 Å². The smallest absolute Gasteiger partial charge is 0.249 e. The Morgan fingerprint density at radius 3 is 2.67 bits per heavy atom. The zero-order chi connectivity index (χ0) is 17.5. The van der Waals surface area contributed by atoms with E-state index in [1.54, 1.807) is 43.5 Å². The third kappa shape index (κ3) is 2.99. The van der Waals surface area contributed by atoms with Gasteiger partial charge in [0.25, 0.3) is 0 Å². The summed E-state index contributed by atoms with van der Waals surface area (Å²) in [6.45, 7) is 3.05. The molecule has 3 rings (SSSR count). The number of aromatic nitrogens is 3. The van der Waals surface area contributed by atoms with Crippen molar-refractivity contribution in [3.63, 3.8) is 0 Å². The van der Waals surface area contributed by atoms with Gasteiger partial charge in [-0.2, -0.15) is 4.98 Å². The number of nitrogens with zero attached hydrogens (tertiary/aromatic N) is 3. The molecule has 0 aliphatic heterocycles. The third-order valence-corrected chi connectivity index (χ3v) is 4.54. The predicted molar refractivity (Wildman–Crippen MR) is 88.8 cm³/mol. The lowest BCUT2D eigenvalue weighted by atomic mass is 10.1. The lowest BCUT2D eigenvalue weighted by molar-refractivity contribution is -0.114. The number of carbonyl (C=O) groups excluding carboxylic acids is 1. The van der Waals surface area contributed by atoms with E-state index in [1.165, 1.54) is 11.4 Å². The highest BCUT2D eigenvalue weighted by Gasteiger charge is 2.18. The van der Waals surface area contributed by atoms with Gasteiger partial charge in [-0.25, -0.2) is 18.1 Å². The predicted octanol–water partition coefficient (Wildman–Crippen LogP) is 1.31. The fraction of sp³-hybridized carbons (Fsp3) is 0.133. The van der Waals surface area contributed by atoms with Crippen molar-refractivity contribution in [3.05, 3.63) is 42.1 Å². The molecule has 0 atom stereocenters. The summed E-state index contributed by atoms with van der Waals surface area (Å²) >= 11 is 0. The Labute approximate surface area is 138 Å². The van der Waals surface area contributed by atoms with Crippen molar-refractivity contribution >= 4 is 27.5 Å². The fourth-order valence-electron chi connectivity index (χ4n) is 2.51. The number of fused-ring (bicyclic) bond motifs is 1. The molecule has 2 aromatic heterocycles. The summed E-state index contributed by atoms with van der Waals surface area (Å²) in [6.07, 6.45) is 1.64. The van der Waals surface area contributed by atoms with Crippen LogP contribution < -0.4 is 10.5 Å². The molecule has 0 aliphatic carbocycles. The van der Waals surface area contributed by atoms with Crippen LogP contribution in [0.3, 0.4) is 0 Å². The molecule has 0 bridgehead atoms. The van der Waals surface area contributed by atoms with Crippen molar-refractivity contribution in [1.29, 1.82) is 0 Å². The van der Waals surface area contributed by atoms with Crippen LogP contribution in [0, 0.1) is 6.92 Å². The Hall–Kier alpha value is -2.78. The molecule has 124 valence electrons. The van der Waals surface area contributed by atoms with E-state index >= 15 is 0 Å². The number of sulfonamides is 1. The first-order valence-electron chi connectivity index (χ1n) is 7.02. The van der Waals surface area contributed by atoms with Crippen molar-refractivity contribution in [3.8, 4) is 11.1 Å². The van der Waals surface area contributed by atoms with E-state index in [2.05, 4.69) is 15.4 Å². The minimum Gasteiger partial charge on any atom is -0.293 e. The minimum atomic E-state index is -3.88. The second-order valence-corrected chi connectivity index (χ2v) is 6.83. The third-order valence-electron chi connectivity index (χ3n) is 3.43. The molecule has 2 heterocycles. The maximum absolute atomic E-state index is 11.9. The Morgan fingerprint density at radius 2 is 2.00 bits per heavy atom. The first-order chi connectivity index (χ1) is 11.3. The number of benzene rings is 1. The van der Waals surface area contributed by atoms with E-state index in [4.69, 9.17) is 5.14 Å². The lowest BCUT2D eigenvalue weighted by Crippen LogP contribution is -2.15. The number of primary sulfonamides is 1. The maximum atomic E-state index is 11.9. The molecule has 3 N–H and O–H groups in total. The standard InChI is InChI=1S/C15H15N5O3S/c1-9-4-3-5-12(14(9)24(16,22)23)11-6-7-13-18-15(17-10(2)21)19-20(13)8-11/h3-8H,1-2H3,(H2,16,22,23)(H,17,19,21). The van der Waals surface area contributed by atoms with E-state index < -0.39 is 10.0 Å². The molecule has 3 aromatic rings. The topological polar surface area (TPSA) is 119 Å². The van der Waals surface area contributed by atoms with Gasteiger partial charge in [-0.15, -0.1) is 5.10 Å². The summed E-state index contributed by atoms with van der Waals surface area (Å²) in [5, 5.41) is 12.0. The monoisotopic (exact) mass is 345 g/mol. The normalized spacial score (nSPS) is 11.6. The zero-order valence-electron chi connectivity index (χ0n) is 13.0. The minimum absolute atomic E-state index is 0.0755. The van der Waals surface area contributed by atoms with E-state index in [9.17, 15) is 13.2 Å². The molecular weight excluding hydrogens is 330 g/mol. The number of nitrogens with two attached hydrogens (primary N) is 1. The molecule has 0 radical (unpaired) electrons. The number of hydrogen-bond acceptors (Lipinski definition) is 5. The Kier molecular flexibility index (Phi) is 3.82. The Bertz CT molecular complexity index is 1060. The first kappa shape index (κ1) is 16.1. The van der Waals surface area contributed by atoms with Crippen molar-refractivity contribution < 1.29 is 13.2 Å². The number of carbonyl (C=O) groups is 1. The number of pyridine rings is 1. The number of hydrogen-bond donors (Lipinski definition) is 2. The largest absolute Gasteiger partial charge is 0.293 e. The van der Waals surface area contributed by atoms with Crippen molar-refractivity contribution in [2.24, 2.45) is 5.14 Å². The van der Waals surface area contributed by atoms with Gasteiger partial charge in [0.05, 0.1) is 4.90 Å². The molecule has 0 saturated heterocycles. The van der Waals surface area contributed by atoms with Gasteiger partial charge in [-0.3, -0.25) is 10.1 Å². The molecular formula is C15H15N5O3S. The van der Waals surface area contributed by atoms with Gasteiger partial charge in [-0.05, 0) is 24.6 Å². The summed E-state index contributed by atoms with van der Waals surface area (Å²) in [6, 6.07) is 8.53. The van der Waals surface area contributed by atoms with E-state index in [0.29, 0.717) is 22.3 Å². The quantitative estimate of drug-likeness (QED) is 0.741. The number of nitrogens with one attached hydrogen (secondary N) is 1. The van der Waals surface area contributed by atoms with E-state index in [1.807, 2.05) is 0 Å². The number of anilines is 1. The molecule has 0 spiro atoms. The zero-order valence-corrected chi connectivity index (χ0v) is 13.8. The van der Waals surface area contributed by atoms with Crippen LogP contribution in [-0.2, 0) is 14.8 Å². The van der Waals surface area contributed by atoms with Gasteiger partial charge in [0.15, 0.2) is 5.65 Å². The molecule has 0 aliphatic rings. The van der Waals surface area contributed by atoms with Crippen molar-refractivity contribution in [2.45, 2.75) is 18.7 Å². The van der Waals surface area contributed by atoms with Crippen LogP contribution in [0.2, 0.25) is 0 Å². The van der Waals surface area contributed by atoms with Crippen LogP contribution in [0.5, 0.6) is 0 Å². The molecule has 1 aromatic carbocycles. The van der Waals surface area contributed by atoms with Crippen LogP contribution in [-0.4, -0.2) is 28.9 Å². The van der Waals surface area contributed by atoms with Crippen LogP contribution in [0.4, 0.5) is 5.95 Å². The second kappa shape index (κ2) is 5.69. The first-order valence-corrected chi connectivity index (χ1v) is 8.57. The summed E-state index contributed by atoms with van der Waals surface area (Å²) in [5.41, 5.74) is 2.19. The maximum Gasteiger partial charge on any atom is 0.249 e. The van der Waals surface area contributed by atoms with Crippen LogP contribution in [0.15, 0.2) is 41.4 Å². The molecule has 8 nitrogen and oxygen atoms in total. The van der Waals surface area contributed by atoms with Gasteiger partial charge >= 0.3 is 0 Å². The summed E-state index contributed by atoms with van der Waals surface area (Å²) < 4.78 is 25.3. The molecule has 9 heteroatoms. The summed E-state index contributed by atoms with van der Waals surface area (Å²) in [7, 11) is -3.88. The van der Waals surface area contributed by atoms with E-state index in [-0.39, 0.29) is 16.8 Å². The van der Waals surface area contributed by atoms with Crippen LogP contribution >= 0.6 is 0 Å². The molecule has 0 unspecified atom stereocenters. The number of rotatable bonds is 3. The number of amides is 1. The average Bonchev–Trinajstić information content (AvgIpc) is 2.85. The molecule has 0 saturated carbocycles. The van der Waals surface area contributed by atoms with Gasteiger partial charge < -0.3 is 0 Å². The number of aryl methyl sites for hydroxylation is 1.